The monoisotopic (exact) mass is 518 g/mol. The highest BCUT2D eigenvalue weighted by atomic mass is 16.5. The van der Waals surface area contributed by atoms with E-state index in [1.165, 1.54) is 7.11 Å². The fourth-order valence-corrected chi connectivity index (χ4v) is 3.76. The molecule has 0 heterocycles. The van der Waals surface area contributed by atoms with E-state index in [-0.39, 0.29) is 18.9 Å². The lowest BCUT2D eigenvalue weighted by Gasteiger charge is -2.24. The highest BCUT2D eigenvalue weighted by Gasteiger charge is 2.30. The Hall–Kier alpha value is -4.33. The summed E-state index contributed by atoms with van der Waals surface area (Å²) in [7, 11) is 1.26. The summed E-state index contributed by atoms with van der Waals surface area (Å²) in [5.74, 6) is -0.719. The predicted octanol–water partition coefficient (Wildman–Crippen LogP) is 4.42. The van der Waals surface area contributed by atoms with Gasteiger partial charge in [-0.1, -0.05) is 86.6 Å². The van der Waals surface area contributed by atoms with Gasteiger partial charge in [-0.3, -0.25) is 4.79 Å². The van der Waals surface area contributed by atoms with Crippen molar-refractivity contribution in [3.05, 3.63) is 102 Å². The molecule has 2 amide bonds. The van der Waals surface area contributed by atoms with E-state index in [4.69, 9.17) is 14.2 Å². The molecule has 0 aliphatic rings. The van der Waals surface area contributed by atoms with Crippen LogP contribution in [0.25, 0.3) is 0 Å². The molecule has 2 atom stereocenters. The topological polar surface area (TPSA) is 103 Å². The van der Waals surface area contributed by atoms with Crippen LogP contribution >= 0.6 is 0 Å². The summed E-state index contributed by atoms with van der Waals surface area (Å²) in [6, 6.07) is 24.5. The lowest BCUT2D eigenvalue weighted by molar-refractivity contribution is -0.145. The Balaban J connectivity index is 1.61. The highest BCUT2D eigenvalue weighted by molar-refractivity contribution is 5.90. The average Bonchev–Trinajstić information content (AvgIpc) is 2.94. The fraction of sp³-hybridized carbons (Fsp3) is 0.300. The zero-order valence-corrected chi connectivity index (χ0v) is 21.9. The third kappa shape index (κ3) is 8.96. The number of esters is 1. The van der Waals surface area contributed by atoms with Crippen molar-refractivity contribution in [2.45, 2.75) is 45.6 Å². The maximum atomic E-state index is 13.1. The summed E-state index contributed by atoms with van der Waals surface area (Å²) >= 11 is 0. The van der Waals surface area contributed by atoms with Crippen molar-refractivity contribution in [2.24, 2.45) is 5.92 Å². The summed E-state index contributed by atoms with van der Waals surface area (Å²) < 4.78 is 16.1. The van der Waals surface area contributed by atoms with E-state index in [0.29, 0.717) is 12.4 Å². The van der Waals surface area contributed by atoms with Gasteiger partial charge in [0.25, 0.3) is 0 Å². The normalized spacial score (nSPS) is 12.2. The average molecular weight is 519 g/mol. The predicted molar refractivity (Wildman–Crippen MR) is 143 cm³/mol. The zero-order chi connectivity index (χ0) is 27.3. The van der Waals surface area contributed by atoms with Crippen LogP contribution < -0.4 is 15.4 Å². The van der Waals surface area contributed by atoms with Crippen molar-refractivity contribution < 1.29 is 28.6 Å². The molecule has 0 saturated heterocycles. The van der Waals surface area contributed by atoms with Gasteiger partial charge in [-0.15, -0.1) is 0 Å². The van der Waals surface area contributed by atoms with Crippen molar-refractivity contribution in [2.75, 3.05) is 7.11 Å². The highest BCUT2D eigenvalue weighted by Crippen LogP contribution is 2.17. The standard InChI is InChI=1S/C30H34N2O6/c1-21(2)27(32-30(35)38-20-23-13-8-5-9-14-23)28(33)31-26(29(34)36-3)18-24-15-10-16-25(17-24)37-19-22-11-6-4-7-12-22/h4-17,21,26-27H,18-20H2,1-3H3,(H,31,33)(H,32,35)/t26-,27+/m0/s1. The number of rotatable bonds is 12. The maximum Gasteiger partial charge on any atom is 0.408 e. The molecule has 0 bridgehead atoms. The van der Waals surface area contributed by atoms with Gasteiger partial charge in [-0.2, -0.15) is 0 Å². The molecule has 0 radical (unpaired) electrons. The lowest BCUT2D eigenvalue weighted by Crippen LogP contribution is -2.54. The van der Waals surface area contributed by atoms with Crippen LogP contribution in [0.5, 0.6) is 5.75 Å². The second-order valence-corrected chi connectivity index (χ2v) is 9.14. The van der Waals surface area contributed by atoms with E-state index in [1.807, 2.05) is 84.9 Å². The number of ether oxygens (including phenoxy) is 3. The van der Waals surface area contributed by atoms with Crippen LogP contribution in [0, 0.1) is 5.92 Å². The van der Waals surface area contributed by atoms with E-state index in [9.17, 15) is 14.4 Å². The number of hydrogen-bond acceptors (Lipinski definition) is 6. The molecule has 0 aliphatic heterocycles. The molecule has 8 heteroatoms. The number of benzene rings is 3. The Bertz CT molecular complexity index is 1180. The van der Waals surface area contributed by atoms with Crippen LogP contribution in [0.3, 0.4) is 0 Å². The minimum absolute atomic E-state index is 0.0760. The minimum atomic E-state index is -0.958. The SMILES string of the molecule is COC(=O)[C@H](Cc1cccc(OCc2ccccc2)c1)NC(=O)[C@H](NC(=O)OCc1ccccc1)C(C)C. The van der Waals surface area contributed by atoms with E-state index in [0.717, 1.165) is 16.7 Å². The molecule has 38 heavy (non-hydrogen) atoms. The maximum absolute atomic E-state index is 13.1. The number of nitrogens with one attached hydrogen (secondary N) is 2. The van der Waals surface area contributed by atoms with Crippen molar-refractivity contribution in [3.63, 3.8) is 0 Å². The zero-order valence-electron chi connectivity index (χ0n) is 21.9. The summed E-state index contributed by atoms with van der Waals surface area (Å²) in [5, 5.41) is 5.34. The van der Waals surface area contributed by atoms with Crippen molar-refractivity contribution in [1.82, 2.24) is 10.6 Å². The number of alkyl carbamates (subject to hydrolysis) is 1. The van der Waals surface area contributed by atoms with Gasteiger partial charge in [-0.05, 0) is 34.7 Å². The molecule has 200 valence electrons. The molecule has 0 aromatic heterocycles. The first-order chi connectivity index (χ1) is 18.4. The van der Waals surface area contributed by atoms with Gasteiger partial charge in [0.15, 0.2) is 0 Å². The first kappa shape index (κ1) is 28.2. The summed E-state index contributed by atoms with van der Waals surface area (Å²) in [4.78, 5) is 38.1. The Kier molecular flexibility index (Phi) is 10.7. The molecule has 3 rings (SSSR count). The molecule has 0 aliphatic carbocycles. The molecule has 3 aromatic carbocycles. The Morgan fingerprint density at radius 2 is 1.37 bits per heavy atom. The van der Waals surface area contributed by atoms with Gasteiger partial charge in [0, 0.05) is 6.42 Å². The van der Waals surface area contributed by atoms with Crippen LogP contribution in [0.15, 0.2) is 84.9 Å². The molecule has 8 nitrogen and oxygen atoms in total. The number of hydrogen-bond donors (Lipinski definition) is 2. The molecule has 0 fully saturated rings. The van der Waals surface area contributed by atoms with Crippen molar-refractivity contribution >= 4 is 18.0 Å². The lowest BCUT2D eigenvalue weighted by atomic mass is 10.0. The van der Waals surface area contributed by atoms with Gasteiger partial charge in [0.05, 0.1) is 7.11 Å². The van der Waals surface area contributed by atoms with Crippen LogP contribution in [0.2, 0.25) is 0 Å². The summed E-state index contributed by atoms with van der Waals surface area (Å²) in [5.41, 5.74) is 2.64. The molecule has 3 aromatic rings. The second-order valence-electron chi connectivity index (χ2n) is 9.14. The summed E-state index contributed by atoms with van der Waals surface area (Å²) in [6.07, 6.45) is -0.537. The molecule has 0 spiro atoms. The number of amides is 2. The first-order valence-electron chi connectivity index (χ1n) is 12.5. The van der Waals surface area contributed by atoms with Crippen LogP contribution in [-0.4, -0.2) is 37.2 Å². The third-order valence-electron chi connectivity index (χ3n) is 5.82. The van der Waals surface area contributed by atoms with E-state index < -0.39 is 30.1 Å². The summed E-state index contributed by atoms with van der Waals surface area (Å²) in [6.45, 7) is 4.07. The Morgan fingerprint density at radius 3 is 1.97 bits per heavy atom. The molecule has 2 N–H and O–H groups in total. The quantitative estimate of drug-likeness (QED) is 0.344. The van der Waals surface area contributed by atoms with Gasteiger partial charge in [0.1, 0.15) is 31.0 Å². The van der Waals surface area contributed by atoms with Gasteiger partial charge >= 0.3 is 12.1 Å². The first-order valence-corrected chi connectivity index (χ1v) is 12.5. The molecular formula is C30H34N2O6. The van der Waals surface area contributed by atoms with E-state index >= 15 is 0 Å². The van der Waals surface area contributed by atoms with E-state index in [1.54, 1.807) is 13.8 Å². The molecule has 0 unspecified atom stereocenters. The largest absolute Gasteiger partial charge is 0.489 e. The van der Waals surface area contributed by atoms with Gasteiger partial charge in [0.2, 0.25) is 5.91 Å². The second kappa shape index (κ2) is 14.4. The smallest absolute Gasteiger partial charge is 0.408 e. The number of methoxy groups -OCH3 is 1. The third-order valence-corrected chi connectivity index (χ3v) is 5.82. The molecular weight excluding hydrogens is 484 g/mol. The van der Waals surface area contributed by atoms with Gasteiger partial charge < -0.3 is 24.8 Å². The van der Waals surface area contributed by atoms with Crippen LogP contribution in [-0.2, 0) is 38.7 Å². The minimum Gasteiger partial charge on any atom is -0.489 e. The number of carbonyl (C=O) groups is 3. The van der Waals surface area contributed by atoms with Gasteiger partial charge in [-0.25, -0.2) is 9.59 Å². The van der Waals surface area contributed by atoms with Crippen molar-refractivity contribution in [3.8, 4) is 5.75 Å². The Morgan fingerprint density at radius 1 is 0.763 bits per heavy atom. The Labute approximate surface area is 223 Å². The van der Waals surface area contributed by atoms with Crippen LogP contribution in [0.4, 0.5) is 4.79 Å². The van der Waals surface area contributed by atoms with Crippen LogP contribution in [0.1, 0.15) is 30.5 Å². The van der Waals surface area contributed by atoms with Crippen molar-refractivity contribution in [1.29, 1.82) is 0 Å². The fourth-order valence-electron chi connectivity index (χ4n) is 3.76. The van der Waals surface area contributed by atoms with E-state index in [2.05, 4.69) is 10.6 Å². The number of carbonyl (C=O) groups excluding carboxylic acids is 3. The molecule has 0 saturated carbocycles.